The summed E-state index contributed by atoms with van der Waals surface area (Å²) in [5.41, 5.74) is 4.25. The van der Waals surface area contributed by atoms with E-state index in [2.05, 4.69) is 21.2 Å². The van der Waals surface area contributed by atoms with E-state index >= 15 is 0 Å². The first kappa shape index (κ1) is 17.2. The third kappa shape index (κ3) is 4.42. The van der Waals surface area contributed by atoms with Gasteiger partial charge < -0.3 is 10.1 Å². The maximum Gasteiger partial charge on any atom is 0.339 e. The molecule has 0 aliphatic rings. The average molecular weight is 376 g/mol. The molecule has 0 fully saturated rings. The maximum atomic E-state index is 12.0. The van der Waals surface area contributed by atoms with Crippen molar-refractivity contribution in [2.24, 2.45) is 0 Å². The van der Waals surface area contributed by atoms with Crippen LogP contribution in [0.15, 0.2) is 40.9 Å². The van der Waals surface area contributed by atoms with E-state index in [0.29, 0.717) is 10.0 Å². The van der Waals surface area contributed by atoms with Crippen molar-refractivity contribution in [3.8, 4) is 0 Å². The topological polar surface area (TPSA) is 55.4 Å². The Balaban J connectivity index is 1.99. The third-order valence-corrected chi connectivity index (χ3v) is 4.06. The SMILES string of the molecule is Cc1cc(C)c(NC(=O)COC(=O)c2ccccc2Br)c(C)c1. The summed E-state index contributed by atoms with van der Waals surface area (Å²) in [5.74, 6) is -0.898. The van der Waals surface area contributed by atoms with Crippen LogP contribution in [0.4, 0.5) is 5.69 Å². The second-order valence-corrected chi connectivity index (χ2v) is 6.23. The zero-order valence-electron chi connectivity index (χ0n) is 13.3. The second-order valence-electron chi connectivity index (χ2n) is 5.38. The highest BCUT2D eigenvalue weighted by atomic mass is 79.9. The predicted molar refractivity (Wildman–Crippen MR) is 93.7 cm³/mol. The minimum Gasteiger partial charge on any atom is -0.452 e. The fourth-order valence-corrected chi connectivity index (χ4v) is 2.83. The Bertz CT molecular complexity index is 733. The number of esters is 1. The van der Waals surface area contributed by atoms with Crippen molar-refractivity contribution >= 4 is 33.5 Å². The summed E-state index contributed by atoms with van der Waals surface area (Å²) in [4.78, 5) is 24.0. The van der Waals surface area contributed by atoms with Crippen molar-refractivity contribution in [1.29, 1.82) is 0 Å². The van der Waals surface area contributed by atoms with Crippen LogP contribution < -0.4 is 5.32 Å². The van der Waals surface area contributed by atoms with Crippen LogP contribution in [0, 0.1) is 20.8 Å². The van der Waals surface area contributed by atoms with Gasteiger partial charge in [0.2, 0.25) is 0 Å². The number of amides is 1. The summed E-state index contributed by atoms with van der Waals surface area (Å²) in [6, 6.07) is 10.9. The number of carbonyl (C=O) groups is 2. The molecule has 0 radical (unpaired) electrons. The molecule has 0 aromatic heterocycles. The van der Waals surface area contributed by atoms with Crippen LogP contribution in [0.25, 0.3) is 0 Å². The van der Waals surface area contributed by atoms with E-state index < -0.39 is 5.97 Å². The Morgan fingerprint density at radius 3 is 2.30 bits per heavy atom. The molecule has 2 aromatic carbocycles. The molecule has 0 heterocycles. The fraction of sp³-hybridized carbons (Fsp3) is 0.222. The molecule has 1 amide bonds. The van der Waals surface area contributed by atoms with Gasteiger partial charge in [0.05, 0.1) is 5.56 Å². The van der Waals surface area contributed by atoms with Gasteiger partial charge in [0.1, 0.15) is 0 Å². The van der Waals surface area contributed by atoms with E-state index in [1.165, 1.54) is 0 Å². The minimum atomic E-state index is -0.537. The van der Waals surface area contributed by atoms with Crippen molar-refractivity contribution in [3.63, 3.8) is 0 Å². The lowest BCUT2D eigenvalue weighted by Gasteiger charge is -2.13. The standard InChI is InChI=1S/C18H18BrNO3/c1-11-8-12(2)17(13(3)9-11)20-16(21)10-23-18(22)14-6-4-5-7-15(14)19/h4-9H,10H2,1-3H3,(H,20,21). The van der Waals surface area contributed by atoms with Gasteiger partial charge in [-0.1, -0.05) is 29.8 Å². The molecule has 1 N–H and O–H groups in total. The van der Waals surface area contributed by atoms with Crippen LogP contribution in [-0.4, -0.2) is 18.5 Å². The molecule has 0 bridgehead atoms. The van der Waals surface area contributed by atoms with Crippen LogP contribution in [0.2, 0.25) is 0 Å². The van der Waals surface area contributed by atoms with Gasteiger partial charge in [-0.15, -0.1) is 0 Å². The second kappa shape index (κ2) is 7.42. The van der Waals surface area contributed by atoms with Crippen molar-refractivity contribution in [3.05, 3.63) is 63.1 Å². The van der Waals surface area contributed by atoms with Crippen LogP contribution in [0.5, 0.6) is 0 Å². The first-order valence-electron chi connectivity index (χ1n) is 7.18. The Morgan fingerprint density at radius 1 is 1.09 bits per heavy atom. The molecular formula is C18H18BrNO3. The quantitative estimate of drug-likeness (QED) is 0.815. The van der Waals surface area contributed by atoms with Gasteiger partial charge in [-0.3, -0.25) is 4.79 Å². The molecule has 0 saturated carbocycles. The van der Waals surface area contributed by atoms with Crippen LogP contribution >= 0.6 is 15.9 Å². The first-order valence-corrected chi connectivity index (χ1v) is 7.97. The number of halogens is 1. The van der Waals surface area contributed by atoms with Crippen LogP contribution in [-0.2, 0) is 9.53 Å². The number of aryl methyl sites for hydroxylation is 3. The average Bonchev–Trinajstić information content (AvgIpc) is 2.49. The Labute approximate surface area is 144 Å². The molecule has 0 atom stereocenters. The van der Waals surface area contributed by atoms with E-state index in [1.807, 2.05) is 32.9 Å². The Hall–Kier alpha value is -2.14. The van der Waals surface area contributed by atoms with Crippen molar-refractivity contribution in [2.45, 2.75) is 20.8 Å². The maximum absolute atomic E-state index is 12.0. The molecule has 0 aliphatic carbocycles. The Kier molecular flexibility index (Phi) is 5.55. The summed E-state index contributed by atoms with van der Waals surface area (Å²) < 4.78 is 5.70. The van der Waals surface area contributed by atoms with Crippen molar-refractivity contribution in [1.82, 2.24) is 0 Å². The fourth-order valence-electron chi connectivity index (χ4n) is 2.39. The highest BCUT2D eigenvalue weighted by molar-refractivity contribution is 9.10. The van der Waals surface area contributed by atoms with Gasteiger partial charge >= 0.3 is 5.97 Å². The molecule has 2 aromatic rings. The summed E-state index contributed by atoms with van der Waals surface area (Å²) in [6.45, 7) is 5.55. The smallest absolute Gasteiger partial charge is 0.339 e. The first-order chi connectivity index (χ1) is 10.9. The van der Waals surface area contributed by atoms with E-state index in [0.717, 1.165) is 22.4 Å². The van der Waals surface area contributed by atoms with E-state index in [-0.39, 0.29) is 12.5 Å². The highest BCUT2D eigenvalue weighted by Gasteiger charge is 2.14. The normalized spacial score (nSPS) is 10.3. The zero-order chi connectivity index (χ0) is 17.0. The van der Waals surface area contributed by atoms with Crippen LogP contribution in [0.3, 0.4) is 0 Å². The lowest BCUT2D eigenvalue weighted by atomic mass is 10.1. The van der Waals surface area contributed by atoms with Crippen molar-refractivity contribution < 1.29 is 14.3 Å². The van der Waals surface area contributed by atoms with E-state index in [4.69, 9.17) is 4.74 Å². The van der Waals surface area contributed by atoms with Gasteiger partial charge in [0.15, 0.2) is 6.61 Å². The number of nitrogens with one attached hydrogen (secondary N) is 1. The number of carbonyl (C=O) groups excluding carboxylic acids is 2. The monoisotopic (exact) mass is 375 g/mol. The molecule has 4 nitrogen and oxygen atoms in total. The van der Waals surface area contributed by atoms with Crippen LogP contribution in [0.1, 0.15) is 27.0 Å². The highest BCUT2D eigenvalue weighted by Crippen LogP contribution is 2.22. The number of rotatable bonds is 4. The molecule has 5 heteroatoms. The van der Waals surface area contributed by atoms with Gasteiger partial charge in [-0.2, -0.15) is 0 Å². The van der Waals surface area contributed by atoms with Gasteiger partial charge in [-0.25, -0.2) is 4.79 Å². The van der Waals surface area contributed by atoms with E-state index in [1.54, 1.807) is 24.3 Å². The largest absolute Gasteiger partial charge is 0.452 e. The third-order valence-electron chi connectivity index (χ3n) is 3.37. The number of anilines is 1. The molecule has 120 valence electrons. The molecule has 0 unspecified atom stereocenters. The number of hydrogen-bond acceptors (Lipinski definition) is 3. The lowest BCUT2D eigenvalue weighted by molar-refractivity contribution is -0.119. The Morgan fingerprint density at radius 2 is 1.70 bits per heavy atom. The number of hydrogen-bond donors (Lipinski definition) is 1. The molecular weight excluding hydrogens is 358 g/mol. The van der Waals surface area contributed by atoms with Crippen molar-refractivity contribution in [2.75, 3.05) is 11.9 Å². The van der Waals surface area contributed by atoms with Gasteiger partial charge in [-0.05, 0) is 60.0 Å². The minimum absolute atomic E-state index is 0.326. The van der Waals surface area contributed by atoms with Gasteiger partial charge in [0, 0.05) is 10.2 Å². The van der Waals surface area contributed by atoms with E-state index in [9.17, 15) is 9.59 Å². The summed E-state index contributed by atoms with van der Waals surface area (Å²) >= 11 is 3.28. The summed E-state index contributed by atoms with van der Waals surface area (Å²) in [5, 5.41) is 2.80. The molecule has 2 rings (SSSR count). The predicted octanol–water partition coefficient (Wildman–Crippen LogP) is 4.17. The molecule has 0 saturated heterocycles. The number of ether oxygens (including phenoxy) is 1. The summed E-state index contributed by atoms with van der Waals surface area (Å²) in [6.07, 6.45) is 0. The van der Waals surface area contributed by atoms with Gasteiger partial charge in [0.25, 0.3) is 5.91 Å². The molecule has 0 spiro atoms. The zero-order valence-corrected chi connectivity index (χ0v) is 14.9. The number of benzene rings is 2. The molecule has 0 aliphatic heterocycles. The molecule has 23 heavy (non-hydrogen) atoms. The lowest BCUT2D eigenvalue weighted by Crippen LogP contribution is -2.22. The summed E-state index contributed by atoms with van der Waals surface area (Å²) in [7, 11) is 0.